The summed E-state index contributed by atoms with van der Waals surface area (Å²) in [6.45, 7) is 5.49. The lowest BCUT2D eigenvalue weighted by atomic mass is 10.1. The van der Waals surface area contributed by atoms with Gasteiger partial charge in [-0.05, 0) is 49.6 Å². The SMILES string of the molecule is CCc1cccc(C)c1NC(=O)[C@H](C)OC(=O)c1cccc(Cl)c1. The van der Waals surface area contributed by atoms with Crippen LogP contribution in [0.5, 0.6) is 0 Å². The minimum Gasteiger partial charge on any atom is -0.449 e. The summed E-state index contributed by atoms with van der Waals surface area (Å²) >= 11 is 5.86. The molecule has 0 aliphatic rings. The molecule has 1 N–H and O–H groups in total. The molecule has 0 saturated heterocycles. The van der Waals surface area contributed by atoms with Gasteiger partial charge in [-0.25, -0.2) is 4.79 Å². The second-order valence-corrected chi connectivity index (χ2v) is 5.95. The molecule has 126 valence electrons. The molecule has 2 aromatic carbocycles. The summed E-state index contributed by atoms with van der Waals surface area (Å²) < 4.78 is 5.23. The van der Waals surface area contributed by atoms with Crippen LogP contribution in [0.2, 0.25) is 5.02 Å². The molecule has 0 heterocycles. The predicted molar refractivity (Wildman–Crippen MR) is 95.5 cm³/mol. The molecule has 2 aromatic rings. The normalized spacial score (nSPS) is 11.7. The highest BCUT2D eigenvalue weighted by molar-refractivity contribution is 6.30. The first-order valence-electron chi connectivity index (χ1n) is 7.78. The Balaban J connectivity index is 2.06. The Kier molecular flexibility index (Phi) is 5.99. The highest BCUT2D eigenvalue weighted by Gasteiger charge is 2.20. The van der Waals surface area contributed by atoms with Gasteiger partial charge in [0.25, 0.3) is 5.91 Å². The summed E-state index contributed by atoms with van der Waals surface area (Å²) in [6, 6.07) is 12.3. The smallest absolute Gasteiger partial charge is 0.338 e. The second kappa shape index (κ2) is 7.97. The quantitative estimate of drug-likeness (QED) is 0.817. The fourth-order valence-electron chi connectivity index (χ4n) is 2.32. The molecular weight excluding hydrogens is 326 g/mol. The number of halogens is 1. The number of esters is 1. The van der Waals surface area contributed by atoms with Crippen LogP contribution in [-0.2, 0) is 16.0 Å². The molecule has 0 aliphatic heterocycles. The molecule has 0 unspecified atom stereocenters. The van der Waals surface area contributed by atoms with Crippen LogP contribution in [0.1, 0.15) is 35.3 Å². The number of benzene rings is 2. The minimum atomic E-state index is -0.916. The Morgan fingerprint density at radius 2 is 1.92 bits per heavy atom. The maximum Gasteiger partial charge on any atom is 0.338 e. The van der Waals surface area contributed by atoms with Crippen LogP contribution in [0.4, 0.5) is 5.69 Å². The van der Waals surface area contributed by atoms with Crippen LogP contribution in [-0.4, -0.2) is 18.0 Å². The van der Waals surface area contributed by atoms with Crippen molar-refractivity contribution in [3.63, 3.8) is 0 Å². The fraction of sp³-hybridized carbons (Fsp3) is 0.263. The van der Waals surface area contributed by atoms with Crippen molar-refractivity contribution in [3.05, 3.63) is 64.2 Å². The standard InChI is InChI=1S/C19H20ClNO3/c1-4-14-8-5-7-12(2)17(14)21-18(22)13(3)24-19(23)15-9-6-10-16(20)11-15/h5-11,13H,4H2,1-3H3,(H,21,22)/t13-/m0/s1. The van der Waals surface area contributed by atoms with Crippen LogP contribution in [0, 0.1) is 6.92 Å². The number of rotatable bonds is 5. The molecule has 0 aliphatic carbocycles. The monoisotopic (exact) mass is 345 g/mol. The van der Waals surface area contributed by atoms with Crippen molar-refractivity contribution >= 4 is 29.2 Å². The van der Waals surface area contributed by atoms with Crippen LogP contribution < -0.4 is 5.32 Å². The molecule has 1 atom stereocenters. The summed E-state index contributed by atoms with van der Waals surface area (Å²) in [5, 5.41) is 3.29. The third-order valence-electron chi connectivity index (χ3n) is 3.70. The molecule has 0 saturated carbocycles. The largest absolute Gasteiger partial charge is 0.449 e. The van der Waals surface area contributed by atoms with Gasteiger partial charge in [-0.3, -0.25) is 4.79 Å². The van der Waals surface area contributed by atoms with E-state index in [1.54, 1.807) is 25.1 Å². The van der Waals surface area contributed by atoms with Crippen molar-refractivity contribution in [2.24, 2.45) is 0 Å². The second-order valence-electron chi connectivity index (χ2n) is 5.51. The van der Waals surface area contributed by atoms with Gasteiger partial charge >= 0.3 is 5.97 Å². The molecule has 5 heteroatoms. The number of carbonyl (C=O) groups is 2. The maximum atomic E-state index is 12.4. The van der Waals surface area contributed by atoms with Crippen molar-refractivity contribution in [1.29, 1.82) is 0 Å². The van der Waals surface area contributed by atoms with E-state index in [0.29, 0.717) is 10.6 Å². The molecule has 24 heavy (non-hydrogen) atoms. The van der Waals surface area contributed by atoms with Gasteiger partial charge in [-0.15, -0.1) is 0 Å². The van der Waals surface area contributed by atoms with E-state index in [-0.39, 0.29) is 5.91 Å². The number of aryl methyl sites for hydroxylation is 2. The summed E-state index contributed by atoms with van der Waals surface area (Å²) in [6.07, 6.45) is -0.116. The van der Waals surface area contributed by atoms with Crippen molar-refractivity contribution < 1.29 is 14.3 Å². The molecule has 0 bridgehead atoms. The van der Waals surface area contributed by atoms with Crippen molar-refractivity contribution in [3.8, 4) is 0 Å². The van der Waals surface area contributed by atoms with Gasteiger partial charge in [0.05, 0.1) is 5.56 Å². The van der Waals surface area contributed by atoms with Gasteiger partial charge in [0.2, 0.25) is 0 Å². The lowest BCUT2D eigenvalue weighted by Gasteiger charge is -2.17. The highest BCUT2D eigenvalue weighted by atomic mass is 35.5. The van der Waals surface area contributed by atoms with E-state index >= 15 is 0 Å². The van der Waals surface area contributed by atoms with Gasteiger partial charge in [0.15, 0.2) is 6.10 Å². The summed E-state index contributed by atoms with van der Waals surface area (Å²) in [5.41, 5.74) is 3.09. The number of ether oxygens (including phenoxy) is 1. The molecule has 0 fully saturated rings. The minimum absolute atomic E-state index is 0.312. The van der Waals surface area contributed by atoms with E-state index in [4.69, 9.17) is 16.3 Å². The summed E-state index contributed by atoms with van der Waals surface area (Å²) in [7, 11) is 0. The van der Waals surface area contributed by atoms with E-state index in [1.165, 1.54) is 6.07 Å². The first kappa shape index (κ1) is 18.0. The number of anilines is 1. The molecule has 0 aromatic heterocycles. The van der Waals surface area contributed by atoms with E-state index in [1.807, 2.05) is 32.0 Å². The van der Waals surface area contributed by atoms with E-state index < -0.39 is 12.1 Å². The molecule has 4 nitrogen and oxygen atoms in total. The zero-order chi connectivity index (χ0) is 17.7. The molecule has 1 amide bonds. The number of amides is 1. The fourth-order valence-corrected chi connectivity index (χ4v) is 2.51. The third-order valence-corrected chi connectivity index (χ3v) is 3.94. The number of hydrogen-bond donors (Lipinski definition) is 1. The topological polar surface area (TPSA) is 55.4 Å². The van der Waals surface area contributed by atoms with E-state index in [9.17, 15) is 9.59 Å². The highest BCUT2D eigenvalue weighted by Crippen LogP contribution is 2.21. The molecule has 2 rings (SSSR count). The van der Waals surface area contributed by atoms with Crippen LogP contribution >= 0.6 is 11.6 Å². The molecular formula is C19H20ClNO3. The molecule has 0 spiro atoms. The lowest BCUT2D eigenvalue weighted by molar-refractivity contribution is -0.123. The summed E-state index contributed by atoms with van der Waals surface area (Å²) in [4.78, 5) is 24.4. The zero-order valence-corrected chi connectivity index (χ0v) is 14.7. The van der Waals surface area contributed by atoms with Crippen molar-refractivity contribution in [2.45, 2.75) is 33.3 Å². The summed E-state index contributed by atoms with van der Waals surface area (Å²) in [5.74, 6) is -0.949. The van der Waals surface area contributed by atoms with Crippen molar-refractivity contribution in [1.82, 2.24) is 0 Å². The van der Waals surface area contributed by atoms with E-state index in [2.05, 4.69) is 5.32 Å². The Bertz CT molecular complexity index is 758. The Hall–Kier alpha value is -2.33. The number of carbonyl (C=O) groups excluding carboxylic acids is 2. The van der Waals surface area contributed by atoms with Crippen LogP contribution in [0.15, 0.2) is 42.5 Å². The first-order valence-corrected chi connectivity index (χ1v) is 8.16. The van der Waals surface area contributed by atoms with Crippen molar-refractivity contribution in [2.75, 3.05) is 5.32 Å². The first-order chi connectivity index (χ1) is 11.4. The van der Waals surface area contributed by atoms with Crippen LogP contribution in [0.25, 0.3) is 0 Å². The maximum absolute atomic E-state index is 12.4. The third kappa shape index (κ3) is 4.36. The van der Waals surface area contributed by atoms with Gasteiger partial charge in [0, 0.05) is 10.7 Å². The Morgan fingerprint density at radius 3 is 2.58 bits per heavy atom. The van der Waals surface area contributed by atoms with Gasteiger partial charge in [-0.2, -0.15) is 0 Å². The number of hydrogen-bond acceptors (Lipinski definition) is 3. The van der Waals surface area contributed by atoms with Gasteiger partial charge in [0.1, 0.15) is 0 Å². The lowest BCUT2D eigenvalue weighted by Crippen LogP contribution is -2.30. The zero-order valence-electron chi connectivity index (χ0n) is 13.9. The van der Waals surface area contributed by atoms with Crippen LogP contribution in [0.3, 0.4) is 0 Å². The predicted octanol–water partition coefficient (Wildman–Crippen LogP) is 4.39. The average Bonchev–Trinajstić information content (AvgIpc) is 2.56. The average molecular weight is 346 g/mol. The Labute approximate surface area is 146 Å². The van der Waals surface area contributed by atoms with E-state index in [0.717, 1.165) is 23.2 Å². The number of nitrogens with one attached hydrogen (secondary N) is 1. The Morgan fingerprint density at radius 1 is 1.21 bits per heavy atom. The van der Waals surface area contributed by atoms with Gasteiger partial charge in [-0.1, -0.05) is 42.8 Å². The van der Waals surface area contributed by atoms with Gasteiger partial charge < -0.3 is 10.1 Å². The number of para-hydroxylation sites is 1. The molecule has 0 radical (unpaired) electrons.